The highest BCUT2D eigenvalue weighted by molar-refractivity contribution is 6.33. The van der Waals surface area contributed by atoms with Gasteiger partial charge in [-0.3, -0.25) is 9.69 Å². The summed E-state index contributed by atoms with van der Waals surface area (Å²) in [6.07, 6.45) is 1.36. The summed E-state index contributed by atoms with van der Waals surface area (Å²) in [6, 6.07) is 13.3. The second-order valence-electron chi connectivity index (χ2n) is 6.13. The molecule has 0 radical (unpaired) electrons. The van der Waals surface area contributed by atoms with Gasteiger partial charge in [0.15, 0.2) is 0 Å². The van der Waals surface area contributed by atoms with E-state index in [4.69, 9.17) is 11.6 Å². The molecule has 5 heteroatoms. The number of hydrogen-bond donors (Lipinski definition) is 1. The molecule has 1 heterocycles. The minimum absolute atomic E-state index is 0.0217. The number of carbonyl (C=O) groups excluding carboxylic acids is 1. The van der Waals surface area contributed by atoms with Crippen molar-refractivity contribution in [2.24, 2.45) is 0 Å². The maximum Gasteiger partial charge on any atom is 0.246 e. The van der Waals surface area contributed by atoms with Gasteiger partial charge >= 0.3 is 0 Å². The molecule has 0 spiro atoms. The number of aromatic hydroxyl groups is 1. The molecule has 0 atom stereocenters. The van der Waals surface area contributed by atoms with Gasteiger partial charge in [-0.25, -0.2) is 0 Å². The van der Waals surface area contributed by atoms with E-state index in [1.165, 1.54) is 6.08 Å². The summed E-state index contributed by atoms with van der Waals surface area (Å²) in [7, 11) is 0. The second kappa shape index (κ2) is 7.72. The summed E-state index contributed by atoms with van der Waals surface area (Å²) in [4.78, 5) is 15.7. The van der Waals surface area contributed by atoms with Crippen LogP contribution in [0.2, 0.25) is 5.02 Å². The number of benzene rings is 2. The molecule has 4 nitrogen and oxygen atoms in total. The van der Waals surface area contributed by atoms with Crippen molar-refractivity contribution in [3.63, 3.8) is 0 Å². The number of carbonyl (C=O) groups is 1. The van der Waals surface area contributed by atoms with Crippen LogP contribution >= 0.6 is 11.6 Å². The Morgan fingerprint density at radius 3 is 2.52 bits per heavy atom. The highest BCUT2D eigenvalue weighted by atomic mass is 35.5. The number of nitrogens with zero attached hydrogens (tertiary/aromatic N) is 2. The van der Waals surface area contributed by atoms with Crippen LogP contribution in [0.1, 0.15) is 5.56 Å². The van der Waals surface area contributed by atoms with E-state index in [0.29, 0.717) is 24.7 Å². The minimum atomic E-state index is -0.0217. The fourth-order valence-corrected chi connectivity index (χ4v) is 3.30. The van der Waals surface area contributed by atoms with Crippen LogP contribution in [0, 0.1) is 0 Å². The van der Waals surface area contributed by atoms with Crippen LogP contribution in [0.5, 0.6) is 5.75 Å². The van der Waals surface area contributed by atoms with Gasteiger partial charge in [0.2, 0.25) is 5.91 Å². The lowest BCUT2D eigenvalue weighted by atomic mass is 10.0. The van der Waals surface area contributed by atoms with Crippen molar-refractivity contribution < 1.29 is 9.90 Å². The molecule has 1 aliphatic rings. The van der Waals surface area contributed by atoms with Crippen LogP contribution in [-0.2, 0) is 11.3 Å². The van der Waals surface area contributed by atoms with Gasteiger partial charge in [-0.05, 0) is 23.8 Å². The Hall–Kier alpha value is -2.30. The molecule has 0 aliphatic carbocycles. The van der Waals surface area contributed by atoms with Gasteiger partial charge in [0.25, 0.3) is 0 Å². The van der Waals surface area contributed by atoms with Gasteiger partial charge in [-0.15, -0.1) is 0 Å². The van der Waals surface area contributed by atoms with E-state index in [2.05, 4.69) is 11.5 Å². The molecule has 2 aromatic carbocycles. The first-order valence-corrected chi connectivity index (χ1v) is 8.67. The number of phenolic OH excluding ortho intramolecular Hbond substituents is 1. The number of amides is 1. The summed E-state index contributed by atoms with van der Waals surface area (Å²) in [5, 5.41) is 11.1. The van der Waals surface area contributed by atoms with E-state index in [1.54, 1.807) is 11.0 Å². The Kier molecular flexibility index (Phi) is 5.41. The molecule has 1 amide bonds. The zero-order valence-electron chi connectivity index (χ0n) is 14.0. The third kappa shape index (κ3) is 4.03. The first-order valence-electron chi connectivity index (χ1n) is 8.29. The quantitative estimate of drug-likeness (QED) is 0.852. The molecule has 3 rings (SSSR count). The molecule has 1 N–H and O–H groups in total. The maximum atomic E-state index is 11.6. The number of halogens is 1. The minimum Gasteiger partial charge on any atom is -0.508 e. The fraction of sp³-hybridized carbons (Fsp3) is 0.250. The predicted molar refractivity (Wildman–Crippen MR) is 101 cm³/mol. The summed E-state index contributed by atoms with van der Waals surface area (Å²) >= 11 is 6.23. The molecule has 1 saturated heterocycles. The standard InChI is InChI=1S/C20H21ClN2O2/c1-2-20(25)23-11-9-22(10-12-23)14-16-8-7-15(13-19(16)24)17-5-3-4-6-18(17)21/h2-8,13,24H,1,9-12,14H2. The smallest absolute Gasteiger partial charge is 0.246 e. The van der Waals surface area contributed by atoms with Crippen molar-refractivity contribution in [1.29, 1.82) is 0 Å². The summed E-state index contributed by atoms with van der Waals surface area (Å²) in [5.74, 6) is 0.244. The van der Waals surface area contributed by atoms with Crippen molar-refractivity contribution >= 4 is 17.5 Å². The average molecular weight is 357 g/mol. The highest BCUT2D eigenvalue weighted by Crippen LogP contribution is 2.31. The summed E-state index contributed by atoms with van der Waals surface area (Å²) in [5.41, 5.74) is 2.68. The lowest BCUT2D eigenvalue weighted by molar-refractivity contribution is -0.127. The zero-order valence-corrected chi connectivity index (χ0v) is 14.7. The van der Waals surface area contributed by atoms with Crippen molar-refractivity contribution in [1.82, 2.24) is 9.80 Å². The first-order chi connectivity index (χ1) is 12.1. The third-order valence-corrected chi connectivity index (χ3v) is 4.85. The van der Waals surface area contributed by atoms with Gasteiger partial charge in [-0.2, -0.15) is 0 Å². The lowest BCUT2D eigenvalue weighted by Crippen LogP contribution is -2.47. The Morgan fingerprint density at radius 2 is 1.88 bits per heavy atom. The van der Waals surface area contributed by atoms with Crippen molar-refractivity contribution in [3.05, 3.63) is 65.7 Å². The highest BCUT2D eigenvalue weighted by Gasteiger charge is 2.20. The van der Waals surface area contributed by atoms with Crippen LogP contribution in [-0.4, -0.2) is 47.0 Å². The van der Waals surface area contributed by atoms with Gasteiger partial charge in [0.05, 0.1) is 0 Å². The van der Waals surface area contributed by atoms with Crippen LogP contribution in [0.25, 0.3) is 11.1 Å². The third-order valence-electron chi connectivity index (χ3n) is 4.52. The van der Waals surface area contributed by atoms with E-state index in [9.17, 15) is 9.90 Å². The van der Waals surface area contributed by atoms with E-state index in [1.807, 2.05) is 36.4 Å². The Bertz CT molecular complexity index is 783. The van der Waals surface area contributed by atoms with E-state index in [-0.39, 0.29) is 11.7 Å². The predicted octanol–water partition coefficient (Wildman–Crippen LogP) is 3.54. The molecule has 0 aromatic heterocycles. The fourth-order valence-electron chi connectivity index (χ4n) is 3.06. The van der Waals surface area contributed by atoms with Crippen molar-refractivity contribution in [3.8, 4) is 16.9 Å². The maximum absolute atomic E-state index is 11.6. The van der Waals surface area contributed by atoms with Gasteiger partial charge in [-0.1, -0.05) is 48.5 Å². The van der Waals surface area contributed by atoms with Gasteiger partial charge < -0.3 is 10.0 Å². The molecule has 25 heavy (non-hydrogen) atoms. The molecule has 2 aromatic rings. The SMILES string of the molecule is C=CC(=O)N1CCN(Cc2ccc(-c3ccccc3Cl)cc2O)CC1. The molecule has 0 unspecified atom stereocenters. The van der Waals surface area contributed by atoms with Gasteiger partial charge in [0.1, 0.15) is 5.75 Å². The topological polar surface area (TPSA) is 43.8 Å². The number of rotatable bonds is 4. The average Bonchev–Trinajstić information content (AvgIpc) is 2.64. The van der Waals surface area contributed by atoms with Crippen LogP contribution in [0.3, 0.4) is 0 Å². The Morgan fingerprint density at radius 1 is 1.16 bits per heavy atom. The molecule has 0 bridgehead atoms. The Labute approximate surface area is 152 Å². The van der Waals surface area contributed by atoms with E-state index >= 15 is 0 Å². The summed E-state index contributed by atoms with van der Waals surface area (Å²) < 4.78 is 0. The molecular formula is C20H21ClN2O2. The van der Waals surface area contributed by atoms with Crippen molar-refractivity contribution in [2.75, 3.05) is 26.2 Å². The number of hydrogen-bond acceptors (Lipinski definition) is 3. The van der Waals surface area contributed by atoms with E-state index in [0.717, 1.165) is 29.8 Å². The molecule has 130 valence electrons. The number of phenols is 1. The molecular weight excluding hydrogens is 336 g/mol. The van der Waals surface area contributed by atoms with Crippen LogP contribution in [0.4, 0.5) is 0 Å². The normalized spacial score (nSPS) is 15.2. The largest absolute Gasteiger partial charge is 0.508 e. The molecule has 1 fully saturated rings. The molecule has 0 saturated carbocycles. The van der Waals surface area contributed by atoms with Crippen LogP contribution in [0.15, 0.2) is 55.1 Å². The Balaban J connectivity index is 1.68. The zero-order chi connectivity index (χ0) is 17.8. The molecule has 1 aliphatic heterocycles. The van der Waals surface area contributed by atoms with Gasteiger partial charge in [0, 0.05) is 48.9 Å². The van der Waals surface area contributed by atoms with Crippen molar-refractivity contribution in [2.45, 2.75) is 6.54 Å². The monoisotopic (exact) mass is 356 g/mol. The second-order valence-corrected chi connectivity index (χ2v) is 6.54. The summed E-state index contributed by atoms with van der Waals surface area (Å²) in [6.45, 7) is 7.12. The first kappa shape index (κ1) is 17.5. The number of piperazine rings is 1. The van der Waals surface area contributed by atoms with Crippen LogP contribution < -0.4 is 0 Å². The lowest BCUT2D eigenvalue weighted by Gasteiger charge is -2.34. The van der Waals surface area contributed by atoms with E-state index < -0.39 is 0 Å².